The number of esters is 1. The van der Waals surface area contributed by atoms with E-state index in [1.54, 1.807) is 24.3 Å². The quantitative estimate of drug-likeness (QED) is 0.124. The van der Waals surface area contributed by atoms with E-state index in [0.29, 0.717) is 28.3 Å². The molecule has 5 aromatic rings. The molecule has 7 nitrogen and oxygen atoms in total. The van der Waals surface area contributed by atoms with Crippen LogP contribution in [-0.2, 0) is 16.1 Å². The molecule has 10 heteroatoms. The number of benzene rings is 3. The van der Waals surface area contributed by atoms with Crippen LogP contribution in [0.15, 0.2) is 96.0 Å². The van der Waals surface area contributed by atoms with E-state index >= 15 is 0 Å². The highest BCUT2D eigenvalue weighted by Crippen LogP contribution is 2.34. The van der Waals surface area contributed by atoms with Crippen LogP contribution in [0.1, 0.15) is 26.3 Å². The number of fused-ring (bicyclic) bond motifs is 1. The molecule has 0 fully saturated rings. The Morgan fingerprint density at radius 1 is 0.927 bits per heavy atom. The maximum atomic E-state index is 12.8. The summed E-state index contributed by atoms with van der Waals surface area (Å²) in [6, 6.07) is 26.8. The molecule has 0 aliphatic heterocycles. The first-order valence-electron chi connectivity index (χ1n) is 12.9. The Bertz CT molecular complexity index is 1630. The summed E-state index contributed by atoms with van der Waals surface area (Å²) in [6.07, 6.45) is 1.94. The minimum atomic E-state index is -0.600. The Morgan fingerprint density at radius 3 is 2.37 bits per heavy atom. The summed E-state index contributed by atoms with van der Waals surface area (Å²) in [4.78, 5) is 13.6. The molecular formula is C31H28Cl2N4O3S. The second-order valence-electron chi connectivity index (χ2n) is 10.3. The van der Waals surface area contributed by atoms with Gasteiger partial charge in [-0.15, -0.1) is 10.2 Å². The van der Waals surface area contributed by atoms with Crippen molar-refractivity contribution in [2.75, 3.05) is 10.8 Å². The summed E-state index contributed by atoms with van der Waals surface area (Å²) in [5.74, 6) is 0.765. The highest BCUT2D eigenvalue weighted by Gasteiger charge is 2.21. The smallest absolute Gasteiger partial charge is 0.327 e. The Kier molecular flexibility index (Phi) is 8.73. The van der Waals surface area contributed by atoms with Crippen molar-refractivity contribution in [3.05, 3.63) is 107 Å². The lowest BCUT2D eigenvalue weighted by molar-refractivity contribution is -0.152. The third-order valence-corrected chi connectivity index (χ3v) is 7.25. The van der Waals surface area contributed by atoms with Gasteiger partial charge in [-0.05, 0) is 86.8 Å². The van der Waals surface area contributed by atoms with Crippen LogP contribution in [0.5, 0.6) is 5.88 Å². The highest BCUT2D eigenvalue weighted by atomic mass is 35.5. The van der Waals surface area contributed by atoms with Gasteiger partial charge in [0.15, 0.2) is 5.82 Å². The van der Waals surface area contributed by atoms with Crippen molar-refractivity contribution in [3.63, 3.8) is 0 Å². The van der Waals surface area contributed by atoms with E-state index in [4.69, 9.17) is 32.7 Å². The monoisotopic (exact) mass is 606 g/mol. The molecule has 0 N–H and O–H groups in total. The zero-order chi connectivity index (χ0) is 29.0. The Labute approximate surface area is 253 Å². The van der Waals surface area contributed by atoms with E-state index in [-0.39, 0.29) is 12.5 Å². The summed E-state index contributed by atoms with van der Waals surface area (Å²) in [5.41, 5.74) is 2.21. The maximum Gasteiger partial charge on any atom is 0.327 e. The molecule has 0 saturated carbocycles. The maximum absolute atomic E-state index is 12.8. The molecule has 2 heterocycles. The lowest BCUT2D eigenvalue weighted by atomic mass is 10.2. The molecule has 210 valence electrons. The second-order valence-corrected chi connectivity index (χ2v) is 12.2. The summed E-state index contributed by atoms with van der Waals surface area (Å²) in [6.45, 7) is 5.98. The summed E-state index contributed by atoms with van der Waals surface area (Å²) in [7, 11) is 0. The number of nitrogens with zero attached hydrogens (tertiary/aromatic N) is 4. The van der Waals surface area contributed by atoms with Gasteiger partial charge in [0.2, 0.25) is 5.88 Å². The zero-order valence-electron chi connectivity index (χ0n) is 22.8. The molecule has 0 radical (unpaired) electrons. The van der Waals surface area contributed by atoms with Crippen LogP contribution in [0.2, 0.25) is 10.0 Å². The van der Waals surface area contributed by atoms with Crippen molar-refractivity contribution in [2.45, 2.75) is 37.9 Å². The van der Waals surface area contributed by atoms with Gasteiger partial charge in [-0.1, -0.05) is 53.5 Å². The lowest BCUT2D eigenvalue weighted by Gasteiger charge is -2.26. The van der Waals surface area contributed by atoms with Gasteiger partial charge in [0, 0.05) is 38.3 Å². The van der Waals surface area contributed by atoms with Gasteiger partial charge in [0.05, 0.1) is 5.52 Å². The molecule has 0 atom stereocenters. The highest BCUT2D eigenvalue weighted by molar-refractivity contribution is 8.00. The van der Waals surface area contributed by atoms with Crippen molar-refractivity contribution < 1.29 is 14.3 Å². The van der Waals surface area contributed by atoms with Gasteiger partial charge in [-0.25, -0.2) is 0 Å². The Morgan fingerprint density at radius 2 is 1.68 bits per heavy atom. The molecule has 0 bridgehead atoms. The third-order valence-electron chi connectivity index (χ3n) is 5.81. The minimum Gasteiger partial charge on any atom is -0.472 e. The largest absolute Gasteiger partial charge is 0.472 e. The topological polar surface area (TPSA) is 69.5 Å². The molecule has 0 amide bonds. The van der Waals surface area contributed by atoms with Crippen LogP contribution < -0.4 is 9.04 Å². The van der Waals surface area contributed by atoms with Crippen LogP contribution in [0.3, 0.4) is 0 Å². The molecule has 0 spiro atoms. The molecule has 2 aromatic heterocycles. The molecule has 3 aromatic carbocycles. The van der Waals surface area contributed by atoms with Gasteiger partial charge in [0.25, 0.3) is 0 Å². The van der Waals surface area contributed by atoms with Crippen molar-refractivity contribution >= 4 is 57.7 Å². The van der Waals surface area contributed by atoms with Gasteiger partial charge in [-0.2, -0.15) is 0 Å². The molecule has 0 aliphatic carbocycles. The van der Waals surface area contributed by atoms with E-state index in [1.165, 1.54) is 11.9 Å². The van der Waals surface area contributed by atoms with Crippen LogP contribution in [0, 0.1) is 0 Å². The number of carbonyl (C=O) groups excluding carboxylic acids is 1. The molecule has 5 rings (SSSR count). The number of aromatic nitrogens is 3. The number of rotatable bonds is 9. The van der Waals surface area contributed by atoms with Gasteiger partial charge >= 0.3 is 5.97 Å². The number of hydrogen-bond donors (Lipinski definition) is 0. The van der Waals surface area contributed by atoms with E-state index in [9.17, 15) is 4.79 Å². The van der Waals surface area contributed by atoms with E-state index in [1.807, 2.05) is 96.5 Å². The molecular weight excluding hydrogens is 579 g/mol. The normalized spacial score (nSPS) is 11.4. The van der Waals surface area contributed by atoms with Crippen LogP contribution in [0.4, 0.5) is 5.69 Å². The number of halogens is 2. The summed E-state index contributed by atoms with van der Waals surface area (Å²) < 4.78 is 15.2. The summed E-state index contributed by atoms with van der Waals surface area (Å²) >= 11 is 13.8. The fraction of sp³-hybridized carbons (Fsp3) is 0.194. The van der Waals surface area contributed by atoms with Crippen molar-refractivity contribution in [3.8, 4) is 11.7 Å². The fourth-order valence-corrected chi connectivity index (χ4v) is 5.77. The van der Waals surface area contributed by atoms with E-state index in [0.717, 1.165) is 27.0 Å². The average Bonchev–Trinajstić information content (AvgIpc) is 3.34. The molecule has 0 unspecified atom stereocenters. The molecule has 0 aliphatic rings. The van der Waals surface area contributed by atoms with Crippen molar-refractivity contribution in [1.29, 1.82) is 0 Å². The summed E-state index contributed by atoms with van der Waals surface area (Å²) in [5, 5.41) is 10.6. The first kappa shape index (κ1) is 28.8. The SMILES string of the molecule is CC(C)(C)OC(=O)CN(Sc1cc(Cl)cc(Cl)c1)c1ccc2c(ccn2-c2ccc(OCc3ccccc3)nn2)c1. The van der Waals surface area contributed by atoms with Crippen molar-refractivity contribution in [1.82, 2.24) is 14.8 Å². The van der Waals surface area contributed by atoms with Gasteiger partial charge in [0.1, 0.15) is 18.8 Å². The molecule has 41 heavy (non-hydrogen) atoms. The predicted octanol–water partition coefficient (Wildman–Crippen LogP) is 8.16. The van der Waals surface area contributed by atoms with Gasteiger partial charge in [-0.3, -0.25) is 9.36 Å². The first-order chi connectivity index (χ1) is 19.6. The second kappa shape index (κ2) is 12.4. The Hall–Kier alpha value is -3.72. The number of hydrogen-bond acceptors (Lipinski definition) is 7. The molecule has 0 saturated heterocycles. The minimum absolute atomic E-state index is 0.0220. The average molecular weight is 608 g/mol. The zero-order valence-corrected chi connectivity index (χ0v) is 25.1. The number of carbonyl (C=O) groups is 1. The lowest BCUT2D eigenvalue weighted by Crippen LogP contribution is -2.31. The van der Waals surface area contributed by atoms with Crippen LogP contribution >= 0.6 is 35.1 Å². The van der Waals surface area contributed by atoms with Crippen LogP contribution in [0.25, 0.3) is 16.7 Å². The van der Waals surface area contributed by atoms with E-state index in [2.05, 4.69) is 10.2 Å². The predicted molar refractivity (Wildman–Crippen MR) is 165 cm³/mol. The number of ether oxygens (including phenoxy) is 2. The first-order valence-corrected chi connectivity index (χ1v) is 14.4. The van der Waals surface area contributed by atoms with Gasteiger partial charge < -0.3 is 13.8 Å². The van der Waals surface area contributed by atoms with Crippen LogP contribution in [-0.4, -0.2) is 32.9 Å². The fourth-order valence-electron chi connectivity index (χ4n) is 4.11. The van der Waals surface area contributed by atoms with Crippen molar-refractivity contribution in [2.24, 2.45) is 0 Å². The number of anilines is 1. The Balaban J connectivity index is 1.38. The van der Waals surface area contributed by atoms with E-state index < -0.39 is 5.60 Å². The third kappa shape index (κ3) is 7.73. The standard InChI is InChI=1S/C31H28Cl2N4O3S/c1-31(2,3)40-30(38)19-37(41-26-17-23(32)16-24(33)18-26)25-9-10-27-22(15-25)13-14-36(27)28-11-12-29(35-34-28)39-20-21-7-5-4-6-8-21/h4-18H,19-20H2,1-3H3.